The van der Waals surface area contributed by atoms with Crippen molar-refractivity contribution < 1.29 is 36.0 Å². The van der Waals surface area contributed by atoms with Crippen molar-refractivity contribution in [3.63, 3.8) is 0 Å². The van der Waals surface area contributed by atoms with Crippen LogP contribution in [0.15, 0.2) is 28.7 Å². The van der Waals surface area contributed by atoms with Gasteiger partial charge in [0, 0.05) is 5.56 Å². The first-order chi connectivity index (χ1) is 10.9. The molecule has 24 heavy (non-hydrogen) atoms. The largest absolute Gasteiger partial charge is 0.591 e. The highest BCUT2D eigenvalue weighted by molar-refractivity contribution is 7.91. The van der Waals surface area contributed by atoms with Gasteiger partial charge in [0.2, 0.25) is 0 Å². The summed E-state index contributed by atoms with van der Waals surface area (Å²) in [4.78, 5) is 0. The van der Waals surface area contributed by atoms with Gasteiger partial charge in [0.25, 0.3) is 0 Å². The third-order valence-corrected chi connectivity index (χ3v) is 3.92. The molecule has 0 heterocycles. The van der Waals surface area contributed by atoms with Crippen LogP contribution in [0.5, 0.6) is 5.75 Å². The van der Waals surface area contributed by atoms with Gasteiger partial charge in [-0.15, -0.1) is 13.2 Å². The monoisotopic (exact) mass is 373 g/mol. The predicted molar refractivity (Wildman–Crippen MR) is 79.5 cm³/mol. The Morgan fingerprint density at radius 2 is 1.88 bits per heavy atom. The van der Waals surface area contributed by atoms with Crippen molar-refractivity contribution in [2.75, 3.05) is 6.61 Å². The van der Waals surface area contributed by atoms with E-state index in [1.54, 1.807) is 20.8 Å². The van der Waals surface area contributed by atoms with E-state index in [1.807, 2.05) is 0 Å². The molecule has 0 fully saturated rings. The fraction of sp³-hybridized carbons (Fsp3) is 0.500. The van der Waals surface area contributed by atoms with Crippen molar-refractivity contribution in [2.45, 2.75) is 38.5 Å². The summed E-state index contributed by atoms with van der Waals surface area (Å²) in [6.45, 7) is 0.668. The van der Waals surface area contributed by atoms with Crippen molar-refractivity contribution >= 4 is 17.1 Å². The summed E-state index contributed by atoms with van der Waals surface area (Å²) in [5.41, 5.74) is -0.254. The predicted octanol–water partition coefficient (Wildman–Crippen LogP) is 4.08. The summed E-state index contributed by atoms with van der Waals surface area (Å²) in [7, 11) is 0. The third-order valence-electron chi connectivity index (χ3n) is 2.48. The average Bonchev–Trinajstić information content (AvgIpc) is 2.40. The van der Waals surface area contributed by atoms with Crippen LogP contribution in [0.3, 0.4) is 0 Å². The van der Waals surface area contributed by atoms with Crippen LogP contribution >= 0.6 is 0 Å². The summed E-state index contributed by atoms with van der Waals surface area (Å²) in [5.74, 6) is -0.260. The van der Waals surface area contributed by atoms with E-state index in [0.29, 0.717) is 0 Å². The van der Waals surface area contributed by atoms with Crippen LogP contribution in [0.1, 0.15) is 26.3 Å². The van der Waals surface area contributed by atoms with Gasteiger partial charge in [-0.2, -0.15) is 8.78 Å². The van der Waals surface area contributed by atoms with Crippen LogP contribution in [0, 0.1) is 0 Å². The Kier molecular flexibility index (Phi) is 6.99. The van der Waals surface area contributed by atoms with Crippen LogP contribution in [0.4, 0.5) is 22.0 Å². The molecule has 10 heteroatoms. The van der Waals surface area contributed by atoms with Gasteiger partial charge in [-0.05, 0) is 32.9 Å². The molecule has 136 valence electrons. The second kappa shape index (κ2) is 8.13. The molecule has 0 radical (unpaired) electrons. The average molecular weight is 373 g/mol. The number of halogens is 5. The van der Waals surface area contributed by atoms with Gasteiger partial charge in [0.05, 0.1) is 0 Å². The van der Waals surface area contributed by atoms with Gasteiger partial charge >= 0.3 is 13.0 Å². The number of hydrogen-bond acceptors (Lipinski definition) is 4. The molecule has 0 bridgehead atoms. The van der Waals surface area contributed by atoms with Gasteiger partial charge < -0.3 is 9.29 Å². The van der Waals surface area contributed by atoms with Crippen molar-refractivity contribution in [1.29, 1.82) is 0 Å². The molecule has 4 nitrogen and oxygen atoms in total. The molecule has 0 aliphatic rings. The fourth-order valence-corrected chi connectivity index (χ4v) is 2.03. The lowest BCUT2D eigenvalue weighted by Crippen LogP contribution is -2.29. The van der Waals surface area contributed by atoms with Crippen molar-refractivity contribution in [3.05, 3.63) is 29.8 Å². The summed E-state index contributed by atoms with van der Waals surface area (Å²) < 4.78 is 84.3. The van der Waals surface area contributed by atoms with E-state index in [-0.39, 0.29) is 17.0 Å². The lowest BCUT2D eigenvalue weighted by molar-refractivity contribution is -0.317. The zero-order valence-electron chi connectivity index (χ0n) is 13.1. The van der Waals surface area contributed by atoms with Gasteiger partial charge in [-0.25, -0.2) is 0 Å². The lowest BCUT2D eigenvalue weighted by Gasteiger charge is -2.20. The Balaban J connectivity index is 3.15. The van der Waals surface area contributed by atoms with Crippen LogP contribution in [-0.4, -0.2) is 34.6 Å². The fourth-order valence-electron chi connectivity index (χ4n) is 1.40. The van der Waals surface area contributed by atoms with E-state index in [9.17, 15) is 26.5 Å². The molecular weight excluding hydrogens is 357 g/mol. The summed E-state index contributed by atoms with van der Waals surface area (Å²) in [6.07, 6.45) is -4.92. The van der Waals surface area contributed by atoms with E-state index in [1.165, 1.54) is 18.2 Å². The molecule has 1 atom stereocenters. The zero-order chi connectivity index (χ0) is 18.5. The Morgan fingerprint density at radius 1 is 1.25 bits per heavy atom. The minimum absolute atomic E-state index is 0.0370. The van der Waals surface area contributed by atoms with Crippen molar-refractivity contribution in [1.82, 2.24) is 0 Å². The Hall–Kier alpha value is -1.39. The number of benzene rings is 1. The van der Waals surface area contributed by atoms with Crippen molar-refractivity contribution in [3.8, 4) is 5.75 Å². The lowest BCUT2D eigenvalue weighted by atomic mass is 10.1. The molecule has 0 aromatic heterocycles. The minimum Gasteiger partial charge on any atom is -0.591 e. The van der Waals surface area contributed by atoms with Gasteiger partial charge in [0.1, 0.15) is 34.2 Å². The Morgan fingerprint density at radius 3 is 2.38 bits per heavy atom. The molecule has 1 unspecified atom stereocenters. The van der Waals surface area contributed by atoms with E-state index < -0.39 is 35.7 Å². The highest BCUT2D eigenvalue weighted by atomic mass is 32.2. The first kappa shape index (κ1) is 20.7. The quantitative estimate of drug-likeness (QED) is 0.429. The highest BCUT2D eigenvalue weighted by Gasteiger charge is 2.32. The zero-order valence-corrected chi connectivity index (χ0v) is 13.9. The summed E-state index contributed by atoms with van der Waals surface area (Å²) in [6, 6.07) is 4.91. The molecule has 0 aliphatic carbocycles. The van der Waals surface area contributed by atoms with Crippen LogP contribution in [-0.2, 0) is 16.1 Å². The molecule has 0 saturated heterocycles. The molecule has 1 aromatic carbocycles. The van der Waals surface area contributed by atoms with E-state index in [2.05, 4.69) is 13.9 Å². The number of nitrogens with zero attached hydrogens (tertiary/aromatic N) is 1. The second-order valence-corrected chi connectivity index (χ2v) is 7.45. The molecule has 1 aromatic rings. The standard InChI is InChI=1S/C14H16F5NO3S/c1-13(2,3)24(21)20-11(8-22-14(17,18)19)9-5-4-6-10(7-9)23-12(15)16/h4-7,12H,8H2,1-3H3/b20-11-. The summed E-state index contributed by atoms with van der Waals surface area (Å²) >= 11 is -1.86. The molecule has 0 aliphatic heterocycles. The van der Waals surface area contributed by atoms with E-state index in [0.717, 1.165) is 6.07 Å². The first-order valence-corrected chi connectivity index (χ1v) is 7.74. The topological polar surface area (TPSA) is 53.9 Å². The number of rotatable bonds is 6. The molecule has 0 N–H and O–H groups in total. The number of hydrogen-bond donors (Lipinski definition) is 0. The summed E-state index contributed by atoms with van der Waals surface area (Å²) in [5, 5.41) is 0. The maximum Gasteiger partial charge on any atom is 0.522 e. The molecule has 0 amide bonds. The number of ether oxygens (including phenoxy) is 2. The second-order valence-electron chi connectivity index (χ2n) is 5.54. The van der Waals surface area contributed by atoms with Gasteiger partial charge in [0.15, 0.2) is 0 Å². The maximum absolute atomic E-state index is 12.3. The van der Waals surface area contributed by atoms with E-state index in [4.69, 9.17) is 0 Å². The SMILES string of the molecule is CC(C)(C)[S+]([O-])/N=C(/COC(F)(F)F)c1cccc(OC(F)F)c1. The molecular formula is C14H16F5NO3S. The normalized spacial score (nSPS) is 14.8. The van der Waals surface area contributed by atoms with Gasteiger partial charge in [-0.1, -0.05) is 16.5 Å². The maximum atomic E-state index is 12.3. The minimum atomic E-state index is -4.92. The molecule has 0 spiro atoms. The molecule has 0 saturated carbocycles. The molecule has 1 rings (SSSR count). The first-order valence-electron chi connectivity index (χ1n) is 6.64. The smallest absolute Gasteiger partial charge is 0.522 e. The Labute approximate surface area is 139 Å². The van der Waals surface area contributed by atoms with Gasteiger partial charge in [-0.3, -0.25) is 4.74 Å². The Bertz CT molecular complexity index is 572. The van der Waals surface area contributed by atoms with Crippen LogP contribution in [0.2, 0.25) is 0 Å². The highest BCUT2D eigenvalue weighted by Crippen LogP contribution is 2.23. The van der Waals surface area contributed by atoms with E-state index >= 15 is 0 Å². The van der Waals surface area contributed by atoms with Crippen LogP contribution in [0.25, 0.3) is 0 Å². The number of alkyl halides is 5. The van der Waals surface area contributed by atoms with Crippen LogP contribution < -0.4 is 4.74 Å². The van der Waals surface area contributed by atoms with Crippen molar-refractivity contribution in [2.24, 2.45) is 4.40 Å². The third kappa shape index (κ3) is 7.45.